The highest BCUT2D eigenvalue weighted by atomic mass is 19.1. The molecule has 1 N–H and O–H groups in total. The van der Waals surface area contributed by atoms with Gasteiger partial charge in [0, 0.05) is 12.6 Å². The molecule has 0 aliphatic heterocycles. The van der Waals surface area contributed by atoms with Crippen LogP contribution in [-0.2, 0) is 13.0 Å². The average molecular weight is 285 g/mol. The summed E-state index contributed by atoms with van der Waals surface area (Å²) in [5.41, 5.74) is 3.77. The average Bonchev–Trinajstić information content (AvgIpc) is 2.46. The lowest BCUT2D eigenvalue weighted by Crippen LogP contribution is -2.18. The van der Waals surface area contributed by atoms with Crippen LogP contribution in [0.2, 0.25) is 0 Å². The van der Waals surface area contributed by atoms with E-state index in [9.17, 15) is 4.39 Å². The zero-order valence-electron chi connectivity index (χ0n) is 13.1. The van der Waals surface area contributed by atoms with Gasteiger partial charge in [-0.15, -0.1) is 0 Å². The van der Waals surface area contributed by atoms with Crippen molar-refractivity contribution in [2.24, 2.45) is 5.92 Å². The van der Waals surface area contributed by atoms with Crippen LogP contribution in [0.15, 0.2) is 48.5 Å². The second-order valence-corrected chi connectivity index (χ2v) is 6.07. The SMILES string of the molecule is CC(C)Cc1ccc(CN[C@@H](C)c2ccc(F)cc2)cc1. The first-order valence-corrected chi connectivity index (χ1v) is 7.61. The van der Waals surface area contributed by atoms with Gasteiger partial charge in [0.1, 0.15) is 5.82 Å². The van der Waals surface area contributed by atoms with Gasteiger partial charge in [-0.2, -0.15) is 0 Å². The van der Waals surface area contributed by atoms with Crippen molar-refractivity contribution in [1.29, 1.82) is 0 Å². The Bertz CT molecular complexity index is 543. The minimum Gasteiger partial charge on any atom is -0.306 e. The fraction of sp³-hybridized carbons (Fsp3) is 0.368. The molecule has 2 aromatic rings. The van der Waals surface area contributed by atoms with E-state index < -0.39 is 0 Å². The number of benzene rings is 2. The fourth-order valence-electron chi connectivity index (χ4n) is 2.40. The minimum absolute atomic E-state index is 0.188. The third-order valence-electron chi connectivity index (χ3n) is 3.65. The summed E-state index contributed by atoms with van der Waals surface area (Å²) in [5.74, 6) is 0.499. The van der Waals surface area contributed by atoms with E-state index >= 15 is 0 Å². The Balaban J connectivity index is 1.88. The van der Waals surface area contributed by atoms with Crippen molar-refractivity contribution >= 4 is 0 Å². The van der Waals surface area contributed by atoms with Gasteiger partial charge in [-0.05, 0) is 48.1 Å². The van der Waals surface area contributed by atoms with Gasteiger partial charge in [-0.3, -0.25) is 0 Å². The highest BCUT2D eigenvalue weighted by Crippen LogP contribution is 2.14. The van der Waals surface area contributed by atoms with Crippen molar-refractivity contribution in [3.05, 3.63) is 71.0 Å². The fourth-order valence-corrected chi connectivity index (χ4v) is 2.40. The zero-order chi connectivity index (χ0) is 15.2. The first-order chi connectivity index (χ1) is 10.0. The van der Waals surface area contributed by atoms with Gasteiger partial charge in [0.15, 0.2) is 0 Å². The standard InChI is InChI=1S/C19H24FN/c1-14(2)12-16-4-6-17(7-5-16)13-21-15(3)18-8-10-19(20)11-9-18/h4-11,14-15,21H,12-13H2,1-3H3/t15-/m0/s1. The molecule has 0 unspecified atom stereocenters. The predicted octanol–water partition coefficient (Wildman–Crippen LogP) is 4.88. The summed E-state index contributed by atoms with van der Waals surface area (Å²) < 4.78 is 12.9. The molecular weight excluding hydrogens is 261 g/mol. The molecule has 2 aromatic carbocycles. The smallest absolute Gasteiger partial charge is 0.123 e. The molecule has 0 bridgehead atoms. The minimum atomic E-state index is -0.188. The van der Waals surface area contributed by atoms with Crippen molar-refractivity contribution in [3.63, 3.8) is 0 Å². The Morgan fingerprint density at radius 1 is 0.857 bits per heavy atom. The van der Waals surface area contributed by atoms with Gasteiger partial charge in [0.25, 0.3) is 0 Å². The van der Waals surface area contributed by atoms with Crippen LogP contribution in [0.25, 0.3) is 0 Å². The van der Waals surface area contributed by atoms with E-state index in [-0.39, 0.29) is 11.9 Å². The van der Waals surface area contributed by atoms with E-state index in [1.807, 2.05) is 12.1 Å². The lowest BCUT2D eigenvalue weighted by atomic mass is 10.0. The van der Waals surface area contributed by atoms with Gasteiger partial charge in [0.05, 0.1) is 0 Å². The molecule has 0 amide bonds. The lowest BCUT2D eigenvalue weighted by Gasteiger charge is -2.14. The highest BCUT2D eigenvalue weighted by molar-refractivity contribution is 5.24. The molecule has 0 radical (unpaired) electrons. The Morgan fingerprint density at radius 3 is 2.00 bits per heavy atom. The molecular formula is C19H24FN. The van der Waals surface area contributed by atoms with Crippen LogP contribution in [0.4, 0.5) is 4.39 Å². The van der Waals surface area contributed by atoms with E-state index in [0.29, 0.717) is 5.92 Å². The number of rotatable bonds is 6. The largest absolute Gasteiger partial charge is 0.306 e. The van der Waals surface area contributed by atoms with Crippen LogP contribution in [-0.4, -0.2) is 0 Å². The highest BCUT2D eigenvalue weighted by Gasteiger charge is 2.05. The summed E-state index contributed by atoms with van der Waals surface area (Å²) in [5, 5.41) is 3.47. The molecule has 0 aliphatic rings. The molecule has 112 valence electrons. The van der Waals surface area contributed by atoms with Gasteiger partial charge in [0.2, 0.25) is 0 Å². The quantitative estimate of drug-likeness (QED) is 0.798. The summed E-state index contributed by atoms with van der Waals surface area (Å²) in [4.78, 5) is 0. The molecule has 1 atom stereocenters. The number of halogens is 1. The molecule has 0 heterocycles. The van der Waals surface area contributed by atoms with Crippen molar-refractivity contribution in [1.82, 2.24) is 5.32 Å². The summed E-state index contributed by atoms with van der Waals surface area (Å²) in [6.07, 6.45) is 1.12. The van der Waals surface area contributed by atoms with E-state index in [1.54, 1.807) is 0 Å². The van der Waals surface area contributed by atoms with Crippen LogP contribution < -0.4 is 5.32 Å². The second kappa shape index (κ2) is 7.37. The van der Waals surface area contributed by atoms with E-state index in [0.717, 1.165) is 18.5 Å². The topological polar surface area (TPSA) is 12.0 Å². The molecule has 0 spiro atoms. The van der Waals surface area contributed by atoms with Gasteiger partial charge >= 0.3 is 0 Å². The summed E-state index contributed by atoms with van der Waals surface area (Å²) in [6, 6.07) is 15.7. The molecule has 2 rings (SSSR count). The molecule has 21 heavy (non-hydrogen) atoms. The second-order valence-electron chi connectivity index (χ2n) is 6.07. The first kappa shape index (κ1) is 15.7. The zero-order valence-corrected chi connectivity index (χ0v) is 13.1. The normalized spacial score (nSPS) is 12.6. The third-order valence-corrected chi connectivity index (χ3v) is 3.65. The monoisotopic (exact) mass is 285 g/mol. The maximum Gasteiger partial charge on any atom is 0.123 e. The molecule has 0 aromatic heterocycles. The van der Waals surface area contributed by atoms with Crippen molar-refractivity contribution < 1.29 is 4.39 Å². The summed E-state index contributed by atoms with van der Waals surface area (Å²) >= 11 is 0. The van der Waals surface area contributed by atoms with Gasteiger partial charge in [-0.1, -0.05) is 50.2 Å². The van der Waals surface area contributed by atoms with E-state index in [4.69, 9.17) is 0 Å². The molecule has 2 heteroatoms. The van der Waals surface area contributed by atoms with Crippen LogP contribution in [0.3, 0.4) is 0 Å². The Morgan fingerprint density at radius 2 is 1.43 bits per heavy atom. The van der Waals surface area contributed by atoms with Crippen molar-refractivity contribution in [2.45, 2.75) is 39.8 Å². The van der Waals surface area contributed by atoms with Crippen LogP contribution in [0, 0.1) is 11.7 Å². The molecule has 1 nitrogen and oxygen atoms in total. The summed E-state index contributed by atoms with van der Waals surface area (Å²) in [6.45, 7) is 7.39. The third kappa shape index (κ3) is 4.98. The Kier molecular flexibility index (Phi) is 5.51. The summed E-state index contributed by atoms with van der Waals surface area (Å²) in [7, 11) is 0. The van der Waals surface area contributed by atoms with Crippen LogP contribution in [0.5, 0.6) is 0 Å². The Labute approximate surface area is 127 Å². The number of hydrogen-bond acceptors (Lipinski definition) is 1. The molecule has 0 saturated heterocycles. The van der Waals surface area contributed by atoms with Crippen molar-refractivity contribution in [3.8, 4) is 0 Å². The maximum atomic E-state index is 12.9. The van der Waals surface area contributed by atoms with Crippen molar-refractivity contribution in [2.75, 3.05) is 0 Å². The van der Waals surface area contributed by atoms with E-state index in [2.05, 4.69) is 50.4 Å². The lowest BCUT2D eigenvalue weighted by molar-refractivity contribution is 0.571. The predicted molar refractivity (Wildman–Crippen MR) is 86.6 cm³/mol. The maximum absolute atomic E-state index is 12.9. The van der Waals surface area contributed by atoms with E-state index in [1.165, 1.54) is 23.3 Å². The van der Waals surface area contributed by atoms with Crippen LogP contribution >= 0.6 is 0 Å². The van der Waals surface area contributed by atoms with Gasteiger partial charge in [-0.25, -0.2) is 4.39 Å². The molecule has 0 fully saturated rings. The first-order valence-electron chi connectivity index (χ1n) is 7.61. The number of hydrogen-bond donors (Lipinski definition) is 1. The molecule has 0 saturated carbocycles. The molecule has 0 aliphatic carbocycles. The van der Waals surface area contributed by atoms with Gasteiger partial charge < -0.3 is 5.32 Å². The Hall–Kier alpha value is -1.67. The number of nitrogens with one attached hydrogen (secondary N) is 1. The van der Waals surface area contributed by atoms with Crippen LogP contribution in [0.1, 0.15) is 43.5 Å².